The van der Waals surface area contributed by atoms with E-state index in [0.717, 1.165) is 6.42 Å². The van der Waals surface area contributed by atoms with Crippen molar-refractivity contribution in [3.63, 3.8) is 0 Å². The average Bonchev–Trinajstić information content (AvgIpc) is 2.22. The first-order valence-electron chi connectivity index (χ1n) is 3.35. The SMILES string of the molecule is CC1CC2OCOC2N1. The lowest BCUT2D eigenvalue weighted by molar-refractivity contribution is 0.0215. The molecule has 0 radical (unpaired) electrons. The summed E-state index contributed by atoms with van der Waals surface area (Å²) in [7, 11) is 0. The van der Waals surface area contributed by atoms with Crippen LogP contribution in [-0.4, -0.2) is 25.2 Å². The third-order valence-corrected chi connectivity index (χ3v) is 1.90. The standard InChI is InChI=1S/C6H11NO2/c1-4-2-5-6(7-4)9-3-8-5/h4-7H,2-3H2,1H3. The number of ether oxygens (including phenoxy) is 2. The van der Waals surface area contributed by atoms with Crippen molar-refractivity contribution in [1.82, 2.24) is 5.32 Å². The van der Waals surface area contributed by atoms with E-state index in [0.29, 0.717) is 18.9 Å². The van der Waals surface area contributed by atoms with Crippen molar-refractivity contribution in [2.75, 3.05) is 6.79 Å². The molecule has 0 saturated carbocycles. The Balaban J connectivity index is 2.02. The number of fused-ring (bicyclic) bond motifs is 1. The number of rotatable bonds is 0. The molecule has 2 aliphatic rings. The van der Waals surface area contributed by atoms with Crippen molar-refractivity contribution in [3.8, 4) is 0 Å². The van der Waals surface area contributed by atoms with Crippen LogP contribution in [0.3, 0.4) is 0 Å². The van der Waals surface area contributed by atoms with Gasteiger partial charge in [0.2, 0.25) is 0 Å². The van der Waals surface area contributed by atoms with Crippen LogP contribution in [0.2, 0.25) is 0 Å². The topological polar surface area (TPSA) is 30.5 Å². The second-order valence-electron chi connectivity index (χ2n) is 2.71. The highest BCUT2D eigenvalue weighted by Crippen LogP contribution is 2.22. The largest absolute Gasteiger partial charge is 0.348 e. The van der Waals surface area contributed by atoms with Crippen LogP contribution in [0.4, 0.5) is 0 Å². The van der Waals surface area contributed by atoms with Crippen LogP contribution in [0.1, 0.15) is 13.3 Å². The van der Waals surface area contributed by atoms with Crippen molar-refractivity contribution in [3.05, 3.63) is 0 Å². The van der Waals surface area contributed by atoms with E-state index in [4.69, 9.17) is 9.47 Å². The first-order chi connectivity index (χ1) is 4.36. The molecule has 0 spiro atoms. The molecule has 3 heteroatoms. The van der Waals surface area contributed by atoms with E-state index < -0.39 is 0 Å². The molecule has 2 saturated heterocycles. The van der Waals surface area contributed by atoms with Gasteiger partial charge in [0.15, 0.2) is 0 Å². The predicted molar refractivity (Wildman–Crippen MR) is 31.8 cm³/mol. The average molecular weight is 129 g/mol. The molecular formula is C6H11NO2. The van der Waals surface area contributed by atoms with Crippen LogP contribution in [-0.2, 0) is 9.47 Å². The molecule has 52 valence electrons. The van der Waals surface area contributed by atoms with Gasteiger partial charge in [-0.1, -0.05) is 0 Å². The van der Waals surface area contributed by atoms with Crippen LogP contribution in [0.25, 0.3) is 0 Å². The Kier molecular flexibility index (Phi) is 1.22. The third-order valence-electron chi connectivity index (χ3n) is 1.90. The fourth-order valence-electron chi connectivity index (χ4n) is 1.44. The summed E-state index contributed by atoms with van der Waals surface area (Å²) < 4.78 is 10.5. The summed E-state index contributed by atoms with van der Waals surface area (Å²) in [6, 6.07) is 0.556. The Morgan fingerprint density at radius 1 is 1.44 bits per heavy atom. The van der Waals surface area contributed by atoms with Crippen molar-refractivity contribution in [1.29, 1.82) is 0 Å². The normalized spacial score (nSPS) is 49.7. The summed E-state index contributed by atoms with van der Waals surface area (Å²) in [5, 5.41) is 3.27. The van der Waals surface area contributed by atoms with E-state index in [9.17, 15) is 0 Å². The Hall–Kier alpha value is -0.120. The van der Waals surface area contributed by atoms with Gasteiger partial charge in [-0.3, -0.25) is 5.32 Å². The van der Waals surface area contributed by atoms with Crippen LogP contribution in [0.15, 0.2) is 0 Å². The van der Waals surface area contributed by atoms with Crippen molar-refractivity contribution in [2.45, 2.75) is 31.7 Å². The molecular weight excluding hydrogens is 118 g/mol. The monoisotopic (exact) mass is 129 g/mol. The molecule has 3 unspecified atom stereocenters. The van der Waals surface area contributed by atoms with Gasteiger partial charge in [-0.2, -0.15) is 0 Å². The molecule has 0 bridgehead atoms. The Morgan fingerprint density at radius 2 is 2.33 bits per heavy atom. The summed E-state index contributed by atoms with van der Waals surface area (Å²) >= 11 is 0. The molecule has 2 rings (SSSR count). The Bertz CT molecular complexity index is 106. The van der Waals surface area contributed by atoms with Gasteiger partial charge < -0.3 is 9.47 Å². The molecule has 0 aromatic carbocycles. The zero-order chi connectivity index (χ0) is 6.27. The lowest BCUT2D eigenvalue weighted by atomic mass is 10.2. The van der Waals surface area contributed by atoms with Gasteiger partial charge >= 0.3 is 0 Å². The van der Waals surface area contributed by atoms with Crippen molar-refractivity contribution in [2.24, 2.45) is 0 Å². The van der Waals surface area contributed by atoms with Gasteiger partial charge in [0.1, 0.15) is 19.1 Å². The van der Waals surface area contributed by atoms with Gasteiger partial charge in [-0.25, -0.2) is 0 Å². The number of hydrogen-bond donors (Lipinski definition) is 1. The van der Waals surface area contributed by atoms with E-state index in [1.165, 1.54) is 0 Å². The van der Waals surface area contributed by atoms with E-state index in [1.54, 1.807) is 0 Å². The first kappa shape index (κ1) is 5.65. The second kappa shape index (κ2) is 1.94. The second-order valence-corrected chi connectivity index (χ2v) is 2.71. The lowest BCUT2D eigenvalue weighted by Crippen LogP contribution is -2.30. The smallest absolute Gasteiger partial charge is 0.149 e. The van der Waals surface area contributed by atoms with Gasteiger partial charge in [-0.15, -0.1) is 0 Å². The molecule has 3 nitrogen and oxygen atoms in total. The molecule has 2 fully saturated rings. The van der Waals surface area contributed by atoms with Gasteiger partial charge in [0, 0.05) is 6.04 Å². The van der Waals surface area contributed by atoms with E-state index in [2.05, 4.69) is 12.2 Å². The van der Waals surface area contributed by atoms with Gasteiger partial charge in [0.25, 0.3) is 0 Å². The van der Waals surface area contributed by atoms with E-state index in [-0.39, 0.29) is 6.23 Å². The molecule has 0 aromatic rings. The van der Waals surface area contributed by atoms with E-state index >= 15 is 0 Å². The minimum absolute atomic E-state index is 0.181. The molecule has 2 heterocycles. The molecule has 0 amide bonds. The number of nitrogens with one attached hydrogen (secondary N) is 1. The fraction of sp³-hybridized carbons (Fsp3) is 1.00. The van der Waals surface area contributed by atoms with Gasteiger partial charge in [-0.05, 0) is 13.3 Å². The first-order valence-corrected chi connectivity index (χ1v) is 3.35. The van der Waals surface area contributed by atoms with Crippen LogP contribution in [0, 0.1) is 0 Å². The third kappa shape index (κ3) is 0.852. The minimum atomic E-state index is 0.181. The maximum atomic E-state index is 5.26. The number of hydrogen-bond acceptors (Lipinski definition) is 3. The van der Waals surface area contributed by atoms with Crippen LogP contribution in [0.5, 0.6) is 0 Å². The highest BCUT2D eigenvalue weighted by Gasteiger charge is 2.36. The van der Waals surface area contributed by atoms with Crippen molar-refractivity contribution < 1.29 is 9.47 Å². The van der Waals surface area contributed by atoms with Crippen LogP contribution < -0.4 is 5.32 Å². The quantitative estimate of drug-likeness (QED) is 0.502. The predicted octanol–water partition coefficient (Wildman–Crippen LogP) is 0.0672. The van der Waals surface area contributed by atoms with Gasteiger partial charge in [0.05, 0.1) is 0 Å². The summed E-state index contributed by atoms with van der Waals surface area (Å²) in [4.78, 5) is 0. The molecule has 1 N–H and O–H groups in total. The highest BCUT2D eigenvalue weighted by atomic mass is 16.7. The highest BCUT2D eigenvalue weighted by molar-refractivity contribution is 4.85. The molecule has 2 aliphatic heterocycles. The van der Waals surface area contributed by atoms with Crippen molar-refractivity contribution >= 4 is 0 Å². The van der Waals surface area contributed by atoms with E-state index in [1.807, 2.05) is 0 Å². The summed E-state index contributed by atoms with van der Waals surface area (Å²) in [6.45, 7) is 2.61. The molecule has 0 aliphatic carbocycles. The Labute approximate surface area is 54.3 Å². The Morgan fingerprint density at radius 3 is 3.11 bits per heavy atom. The maximum absolute atomic E-state index is 5.26. The summed E-state index contributed by atoms with van der Waals surface area (Å²) in [6.07, 6.45) is 1.59. The van der Waals surface area contributed by atoms with Crippen LogP contribution >= 0.6 is 0 Å². The fourth-order valence-corrected chi connectivity index (χ4v) is 1.44. The summed E-state index contributed by atoms with van der Waals surface area (Å²) in [5.41, 5.74) is 0. The zero-order valence-corrected chi connectivity index (χ0v) is 5.46. The maximum Gasteiger partial charge on any atom is 0.149 e. The molecule has 0 aromatic heterocycles. The minimum Gasteiger partial charge on any atom is -0.348 e. The zero-order valence-electron chi connectivity index (χ0n) is 5.46. The summed E-state index contributed by atoms with van der Waals surface area (Å²) in [5.74, 6) is 0. The molecule has 3 atom stereocenters. The molecule has 9 heavy (non-hydrogen) atoms. The lowest BCUT2D eigenvalue weighted by Gasteiger charge is -2.04.